The van der Waals surface area contributed by atoms with Gasteiger partial charge in [-0.2, -0.15) is 4.31 Å². The molecule has 0 saturated heterocycles. The van der Waals surface area contributed by atoms with Gasteiger partial charge in [-0.15, -0.1) is 0 Å². The van der Waals surface area contributed by atoms with Crippen LogP contribution in [-0.4, -0.2) is 44.3 Å². The molecule has 31 heavy (non-hydrogen) atoms. The van der Waals surface area contributed by atoms with Crippen molar-refractivity contribution in [1.29, 1.82) is 0 Å². The highest BCUT2D eigenvalue weighted by Crippen LogP contribution is 2.23. The molecule has 0 saturated carbocycles. The van der Waals surface area contributed by atoms with Gasteiger partial charge < -0.3 is 10.1 Å². The van der Waals surface area contributed by atoms with Crippen molar-refractivity contribution in [2.24, 2.45) is 0 Å². The summed E-state index contributed by atoms with van der Waals surface area (Å²) in [4.78, 5) is 24.9. The second-order valence-electron chi connectivity index (χ2n) is 7.46. The Bertz CT molecular complexity index is 1070. The quantitative estimate of drug-likeness (QED) is 0.624. The fourth-order valence-corrected chi connectivity index (χ4v) is 4.99. The van der Waals surface area contributed by atoms with Gasteiger partial charge in [0.05, 0.1) is 10.5 Å². The van der Waals surface area contributed by atoms with Crippen LogP contribution in [-0.2, 0) is 19.6 Å². The second kappa shape index (κ2) is 10.1. The molecule has 0 atom stereocenters. The number of carbonyl (C=O) groups excluding carboxylic acids is 2. The minimum atomic E-state index is -3.65. The summed E-state index contributed by atoms with van der Waals surface area (Å²) in [7, 11) is -3.65. The number of carbonyl (C=O) groups is 2. The third kappa shape index (κ3) is 5.71. The van der Waals surface area contributed by atoms with E-state index in [0.717, 1.165) is 16.7 Å². The van der Waals surface area contributed by atoms with E-state index in [1.54, 1.807) is 26.8 Å². The number of nitrogens with zero attached hydrogens (tertiary/aromatic N) is 1. The van der Waals surface area contributed by atoms with E-state index in [2.05, 4.69) is 5.32 Å². The molecule has 1 N–H and O–H groups in total. The molecule has 0 fully saturated rings. The third-order valence-corrected chi connectivity index (χ3v) is 7.09. The van der Waals surface area contributed by atoms with Crippen LogP contribution in [0.4, 0.5) is 5.69 Å². The average Bonchev–Trinajstić information content (AvgIpc) is 2.68. The highest BCUT2D eigenvalue weighted by Gasteiger charge is 2.23. The molecule has 2 rings (SSSR count). The van der Waals surface area contributed by atoms with E-state index in [1.807, 2.05) is 32.9 Å². The Balaban J connectivity index is 2.13. The average molecular weight is 447 g/mol. The zero-order valence-electron chi connectivity index (χ0n) is 18.9. The first-order valence-electron chi connectivity index (χ1n) is 10.2. The van der Waals surface area contributed by atoms with Gasteiger partial charge in [0.25, 0.3) is 5.91 Å². The molecule has 1 amide bonds. The summed E-state index contributed by atoms with van der Waals surface area (Å²) in [5.41, 5.74) is 4.11. The van der Waals surface area contributed by atoms with Crippen LogP contribution in [0.15, 0.2) is 35.2 Å². The van der Waals surface area contributed by atoms with E-state index >= 15 is 0 Å². The van der Waals surface area contributed by atoms with Gasteiger partial charge in [0, 0.05) is 18.8 Å². The summed E-state index contributed by atoms with van der Waals surface area (Å²) in [5, 5.41) is 2.64. The van der Waals surface area contributed by atoms with Crippen molar-refractivity contribution < 1.29 is 22.7 Å². The highest BCUT2D eigenvalue weighted by molar-refractivity contribution is 7.89. The number of nitrogens with one attached hydrogen (secondary N) is 1. The molecule has 0 bridgehead atoms. The van der Waals surface area contributed by atoms with Crippen LogP contribution < -0.4 is 5.32 Å². The molecule has 7 nitrogen and oxygen atoms in total. The normalized spacial score (nSPS) is 11.5. The van der Waals surface area contributed by atoms with Gasteiger partial charge in [-0.25, -0.2) is 13.2 Å². The molecule has 0 aliphatic carbocycles. The van der Waals surface area contributed by atoms with E-state index in [-0.39, 0.29) is 4.90 Å². The van der Waals surface area contributed by atoms with Gasteiger partial charge in [-0.3, -0.25) is 4.79 Å². The van der Waals surface area contributed by atoms with Crippen molar-refractivity contribution in [3.05, 3.63) is 58.1 Å². The molecule has 8 heteroatoms. The highest BCUT2D eigenvalue weighted by atomic mass is 32.2. The maximum absolute atomic E-state index is 12.7. The third-order valence-electron chi connectivity index (χ3n) is 5.04. The van der Waals surface area contributed by atoms with E-state index in [9.17, 15) is 18.0 Å². The molecular weight excluding hydrogens is 416 g/mol. The molecule has 0 aliphatic heterocycles. The van der Waals surface area contributed by atoms with Crippen molar-refractivity contribution in [2.45, 2.75) is 46.4 Å². The van der Waals surface area contributed by atoms with Crippen LogP contribution in [0.1, 0.15) is 46.5 Å². The predicted octanol–water partition coefficient (Wildman–Crippen LogP) is 3.75. The first-order valence-corrected chi connectivity index (χ1v) is 11.6. The van der Waals surface area contributed by atoms with Crippen molar-refractivity contribution in [2.75, 3.05) is 25.0 Å². The van der Waals surface area contributed by atoms with Gasteiger partial charge in [-0.05, 0) is 56.5 Å². The zero-order chi connectivity index (χ0) is 23.3. The first kappa shape index (κ1) is 24.6. The van der Waals surface area contributed by atoms with Crippen LogP contribution in [0, 0.1) is 27.7 Å². The number of amides is 1. The van der Waals surface area contributed by atoms with Gasteiger partial charge in [0.15, 0.2) is 6.61 Å². The van der Waals surface area contributed by atoms with Gasteiger partial charge in [-0.1, -0.05) is 37.6 Å². The Labute approximate surface area is 184 Å². The zero-order valence-corrected chi connectivity index (χ0v) is 19.7. The molecule has 2 aromatic rings. The molecule has 0 heterocycles. The van der Waals surface area contributed by atoms with Gasteiger partial charge in [0.2, 0.25) is 10.0 Å². The molecule has 0 aliphatic rings. The Morgan fingerprint density at radius 1 is 0.935 bits per heavy atom. The van der Waals surface area contributed by atoms with Crippen molar-refractivity contribution in [3.63, 3.8) is 0 Å². The minimum Gasteiger partial charge on any atom is -0.452 e. The summed E-state index contributed by atoms with van der Waals surface area (Å²) in [6.07, 6.45) is 0. The van der Waals surface area contributed by atoms with Crippen molar-refractivity contribution in [1.82, 2.24) is 4.31 Å². The van der Waals surface area contributed by atoms with E-state index in [1.165, 1.54) is 16.4 Å². The number of rotatable bonds is 8. The lowest BCUT2D eigenvalue weighted by atomic mass is 10.00. The van der Waals surface area contributed by atoms with Crippen LogP contribution in [0.2, 0.25) is 0 Å². The van der Waals surface area contributed by atoms with Crippen LogP contribution in [0.3, 0.4) is 0 Å². The van der Waals surface area contributed by atoms with Crippen molar-refractivity contribution in [3.8, 4) is 0 Å². The fourth-order valence-electron chi connectivity index (χ4n) is 3.50. The number of anilines is 1. The fraction of sp³-hybridized carbons (Fsp3) is 0.391. The number of benzene rings is 2. The Morgan fingerprint density at radius 2 is 1.52 bits per heavy atom. The predicted molar refractivity (Wildman–Crippen MR) is 121 cm³/mol. The van der Waals surface area contributed by atoms with Gasteiger partial charge in [0.1, 0.15) is 0 Å². The van der Waals surface area contributed by atoms with Crippen LogP contribution in [0.25, 0.3) is 0 Å². The topological polar surface area (TPSA) is 92.8 Å². The summed E-state index contributed by atoms with van der Waals surface area (Å²) < 4.78 is 32.0. The molecule has 2 aromatic carbocycles. The summed E-state index contributed by atoms with van der Waals surface area (Å²) in [6, 6.07) is 8.35. The molecule has 0 radical (unpaired) electrons. The Kier molecular flexibility index (Phi) is 7.97. The monoisotopic (exact) mass is 446 g/mol. The van der Waals surface area contributed by atoms with Gasteiger partial charge >= 0.3 is 5.97 Å². The number of aryl methyl sites for hydroxylation is 4. The lowest BCUT2D eigenvalue weighted by molar-refractivity contribution is -0.119. The maximum atomic E-state index is 12.7. The number of ether oxygens (including phenoxy) is 1. The lowest BCUT2D eigenvalue weighted by Crippen LogP contribution is -2.30. The molecule has 0 spiro atoms. The minimum absolute atomic E-state index is 0.0972. The number of esters is 1. The maximum Gasteiger partial charge on any atom is 0.339 e. The van der Waals surface area contributed by atoms with E-state index in [4.69, 9.17) is 4.74 Å². The largest absolute Gasteiger partial charge is 0.452 e. The molecule has 168 valence electrons. The smallest absolute Gasteiger partial charge is 0.339 e. The van der Waals surface area contributed by atoms with Crippen LogP contribution >= 0.6 is 0 Å². The van der Waals surface area contributed by atoms with E-state index in [0.29, 0.717) is 29.9 Å². The lowest BCUT2D eigenvalue weighted by Gasteiger charge is -2.19. The Morgan fingerprint density at radius 3 is 2.06 bits per heavy atom. The summed E-state index contributed by atoms with van der Waals surface area (Å²) in [5.74, 6) is -1.11. The SMILES string of the molecule is CCN(CC)S(=O)(=O)c1ccc(C)c(NC(=O)COC(=O)c2c(C)cc(C)cc2C)c1. The number of sulfonamides is 1. The van der Waals surface area contributed by atoms with Crippen molar-refractivity contribution >= 4 is 27.6 Å². The summed E-state index contributed by atoms with van der Waals surface area (Å²) in [6.45, 7) is 11.1. The Hall–Kier alpha value is -2.71. The van der Waals surface area contributed by atoms with E-state index < -0.39 is 28.5 Å². The molecule has 0 aromatic heterocycles. The number of hydrogen-bond donors (Lipinski definition) is 1. The standard InChI is InChI=1S/C23H30N2O5S/c1-7-25(8-2)31(28,29)19-10-9-16(4)20(13-19)24-21(26)14-30-23(27)22-17(5)11-15(3)12-18(22)6/h9-13H,7-8,14H2,1-6H3,(H,24,26). The molecular formula is C23H30N2O5S. The number of hydrogen-bond acceptors (Lipinski definition) is 5. The summed E-state index contributed by atoms with van der Waals surface area (Å²) >= 11 is 0. The first-order chi connectivity index (χ1) is 14.5. The molecule has 0 unspecified atom stereocenters. The van der Waals surface area contributed by atoms with Crippen LogP contribution in [0.5, 0.6) is 0 Å². The second-order valence-corrected chi connectivity index (χ2v) is 9.40.